The fraction of sp³-hybridized carbons (Fsp3) is 0.375. The van der Waals surface area contributed by atoms with Gasteiger partial charge in [-0.15, -0.1) is 0 Å². The summed E-state index contributed by atoms with van der Waals surface area (Å²) in [5.41, 5.74) is 1.64. The molecule has 0 radical (unpaired) electrons. The Morgan fingerprint density at radius 1 is 1.40 bits per heavy atom. The molecule has 0 aliphatic carbocycles. The van der Waals surface area contributed by atoms with E-state index in [0.717, 1.165) is 12.1 Å². The molecule has 30 heavy (non-hydrogen) atoms. The summed E-state index contributed by atoms with van der Waals surface area (Å²) >= 11 is 3.99. The molecule has 1 aromatic heterocycles. The van der Waals surface area contributed by atoms with Crippen molar-refractivity contribution < 1.29 is 28.5 Å². The molecule has 0 saturated heterocycles. The Morgan fingerprint density at radius 2 is 2.17 bits per heavy atom. The summed E-state index contributed by atoms with van der Waals surface area (Å²) in [5, 5.41) is 16.6. The number of hydrogen-bond donors (Lipinski definition) is 4. The Balaban J connectivity index is 1.86. The molecule has 0 saturated carbocycles. The van der Waals surface area contributed by atoms with E-state index in [0.29, 0.717) is 12.2 Å². The lowest BCUT2D eigenvalue weighted by molar-refractivity contribution is 0.0574. The van der Waals surface area contributed by atoms with E-state index in [-0.39, 0.29) is 28.5 Å². The van der Waals surface area contributed by atoms with E-state index < -0.39 is 17.5 Å². The molecule has 0 spiro atoms. The topological polar surface area (TPSA) is 143 Å². The van der Waals surface area contributed by atoms with Gasteiger partial charge in [0, 0.05) is 18.7 Å². The number of carbonyl (C=O) groups is 1. The summed E-state index contributed by atoms with van der Waals surface area (Å²) in [5.74, 6) is -0.590. The molecule has 164 valence electrons. The molecule has 2 rings (SSSR count). The van der Waals surface area contributed by atoms with Crippen molar-refractivity contribution in [1.29, 1.82) is 0 Å². The average Bonchev–Trinajstić information content (AvgIpc) is 3.12. The number of hydroxylamine groups is 1. The molecule has 0 unspecified atom stereocenters. The monoisotopic (exact) mass is 506 g/mol. The molecule has 0 aliphatic rings. The van der Waals surface area contributed by atoms with Crippen molar-refractivity contribution >= 4 is 45.7 Å². The molecule has 0 bridgehead atoms. The van der Waals surface area contributed by atoms with Gasteiger partial charge < -0.3 is 9.47 Å². The number of hydrogen-bond acceptors (Lipinski definition) is 10. The van der Waals surface area contributed by atoms with Crippen LogP contribution in [-0.4, -0.2) is 46.2 Å². The summed E-state index contributed by atoms with van der Waals surface area (Å²) in [6.45, 7) is 5.73. The SMILES string of the molecule is CC(C)(C)OC(=O)NSNCCOc1nonc1C(=Nc1ccc(F)c(Br)c1)NO. The second-order valence-corrected chi connectivity index (χ2v) is 8.09. The Hall–Kier alpha value is -2.42. The van der Waals surface area contributed by atoms with Crippen molar-refractivity contribution in [1.82, 2.24) is 25.2 Å². The van der Waals surface area contributed by atoms with Gasteiger partial charge in [0.05, 0.1) is 10.2 Å². The molecular formula is C16H20BrFN6O5S. The van der Waals surface area contributed by atoms with Crippen molar-refractivity contribution in [2.75, 3.05) is 13.2 Å². The first-order valence-electron chi connectivity index (χ1n) is 8.47. The Kier molecular flexibility index (Phi) is 8.83. The van der Waals surface area contributed by atoms with E-state index in [1.165, 1.54) is 18.2 Å². The van der Waals surface area contributed by atoms with Crippen molar-refractivity contribution in [2.24, 2.45) is 4.99 Å². The molecule has 1 aromatic carbocycles. The highest BCUT2D eigenvalue weighted by molar-refractivity contribution is 9.10. The van der Waals surface area contributed by atoms with Crippen LogP contribution in [0.25, 0.3) is 0 Å². The van der Waals surface area contributed by atoms with E-state index in [2.05, 4.69) is 45.3 Å². The lowest BCUT2D eigenvalue weighted by Gasteiger charge is -2.19. The highest BCUT2D eigenvalue weighted by atomic mass is 79.9. The zero-order valence-corrected chi connectivity index (χ0v) is 18.6. The van der Waals surface area contributed by atoms with Crippen molar-refractivity contribution in [3.05, 3.63) is 34.2 Å². The number of aliphatic imine (C=N–C) groups is 1. The molecule has 4 N–H and O–H groups in total. The molecule has 1 amide bonds. The first-order valence-corrected chi connectivity index (χ1v) is 10.1. The third-order valence-electron chi connectivity index (χ3n) is 2.98. The maximum Gasteiger partial charge on any atom is 0.418 e. The second-order valence-electron chi connectivity index (χ2n) is 6.54. The van der Waals surface area contributed by atoms with Gasteiger partial charge in [-0.05, 0) is 65.2 Å². The van der Waals surface area contributed by atoms with Gasteiger partial charge in [-0.25, -0.2) is 23.5 Å². The van der Waals surface area contributed by atoms with Gasteiger partial charge in [0.2, 0.25) is 5.69 Å². The van der Waals surface area contributed by atoms with Crippen molar-refractivity contribution in [2.45, 2.75) is 26.4 Å². The molecular weight excluding hydrogens is 487 g/mol. The number of carbonyl (C=O) groups excluding carboxylic acids is 1. The maximum absolute atomic E-state index is 13.3. The normalized spacial score (nSPS) is 11.9. The minimum atomic E-state index is -0.589. The third-order valence-corrected chi connectivity index (χ3v) is 4.21. The quantitative estimate of drug-likeness (QED) is 0.138. The summed E-state index contributed by atoms with van der Waals surface area (Å²) in [6.07, 6.45) is -0.578. The van der Waals surface area contributed by atoms with Gasteiger partial charge >= 0.3 is 6.09 Å². The number of benzene rings is 1. The summed E-state index contributed by atoms with van der Waals surface area (Å²) in [4.78, 5) is 15.6. The van der Waals surface area contributed by atoms with Gasteiger partial charge in [-0.1, -0.05) is 0 Å². The van der Waals surface area contributed by atoms with E-state index in [1.807, 2.05) is 5.48 Å². The molecule has 11 nitrogen and oxygen atoms in total. The van der Waals surface area contributed by atoms with E-state index >= 15 is 0 Å². The molecule has 0 aliphatic heterocycles. The number of ether oxygens (including phenoxy) is 2. The summed E-state index contributed by atoms with van der Waals surface area (Å²) in [7, 11) is 0. The number of halogens is 2. The third kappa shape index (κ3) is 7.78. The van der Waals surface area contributed by atoms with Crippen LogP contribution < -0.4 is 19.7 Å². The number of amidine groups is 1. The predicted molar refractivity (Wildman–Crippen MR) is 110 cm³/mol. The van der Waals surface area contributed by atoms with Crippen molar-refractivity contribution in [3.63, 3.8) is 0 Å². The van der Waals surface area contributed by atoms with E-state index in [9.17, 15) is 14.4 Å². The highest BCUT2D eigenvalue weighted by Crippen LogP contribution is 2.23. The molecule has 2 aromatic rings. The number of aromatic nitrogens is 2. The second kappa shape index (κ2) is 11.1. The van der Waals surface area contributed by atoms with Crippen LogP contribution in [0.1, 0.15) is 26.5 Å². The first kappa shape index (κ1) is 23.9. The molecule has 1 heterocycles. The number of nitrogens with zero attached hydrogens (tertiary/aromatic N) is 3. The zero-order chi connectivity index (χ0) is 22.1. The first-order chi connectivity index (χ1) is 14.2. The van der Waals surface area contributed by atoms with E-state index in [1.54, 1.807) is 20.8 Å². The predicted octanol–water partition coefficient (Wildman–Crippen LogP) is 3.08. The van der Waals surface area contributed by atoms with Crippen LogP contribution in [0.4, 0.5) is 14.9 Å². The standard InChI is InChI=1S/C16H20BrFN6O5S/c1-16(2,3)28-15(25)24-30-19-6-7-27-14-12(22-29-23-14)13(21-26)20-9-4-5-11(18)10(17)8-9/h4-5,8,19,26H,6-7H2,1-3H3,(H,20,21)(H,24,25). The Labute approximate surface area is 184 Å². The van der Waals surface area contributed by atoms with Gasteiger partial charge in [-0.3, -0.25) is 15.4 Å². The van der Waals surface area contributed by atoms with Gasteiger partial charge in [0.15, 0.2) is 5.84 Å². The van der Waals surface area contributed by atoms with Crippen LogP contribution in [0.3, 0.4) is 0 Å². The Morgan fingerprint density at radius 3 is 2.83 bits per heavy atom. The minimum Gasteiger partial charge on any atom is -0.472 e. The minimum absolute atomic E-state index is 0.0116. The van der Waals surface area contributed by atoms with Crippen LogP contribution in [0.15, 0.2) is 32.3 Å². The van der Waals surface area contributed by atoms with Gasteiger partial charge in [0.25, 0.3) is 5.88 Å². The van der Waals surface area contributed by atoms with E-state index in [4.69, 9.17) is 9.47 Å². The smallest absolute Gasteiger partial charge is 0.418 e. The van der Waals surface area contributed by atoms with Crippen LogP contribution >= 0.6 is 28.1 Å². The molecule has 0 fully saturated rings. The lowest BCUT2D eigenvalue weighted by Crippen LogP contribution is -2.31. The van der Waals surface area contributed by atoms with Gasteiger partial charge in [-0.2, -0.15) is 0 Å². The van der Waals surface area contributed by atoms with Crippen LogP contribution in [-0.2, 0) is 4.74 Å². The fourth-order valence-electron chi connectivity index (χ4n) is 1.85. The fourth-order valence-corrected chi connectivity index (χ4v) is 2.60. The molecule has 14 heteroatoms. The number of amides is 1. The average molecular weight is 507 g/mol. The number of nitrogens with one attached hydrogen (secondary N) is 3. The van der Waals surface area contributed by atoms with Crippen molar-refractivity contribution in [3.8, 4) is 5.88 Å². The van der Waals surface area contributed by atoms with Crippen LogP contribution in [0.5, 0.6) is 5.88 Å². The van der Waals surface area contributed by atoms with Gasteiger partial charge in [0.1, 0.15) is 18.0 Å². The summed E-state index contributed by atoms with van der Waals surface area (Å²) in [6, 6.07) is 4.04. The van der Waals surface area contributed by atoms with Crippen LogP contribution in [0.2, 0.25) is 0 Å². The number of rotatable bonds is 8. The van der Waals surface area contributed by atoms with Crippen LogP contribution in [0, 0.1) is 5.82 Å². The lowest BCUT2D eigenvalue weighted by atomic mass is 10.2. The highest BCUT2D eigenvalue weighted by Gasteiger charge is 2.19. The largest absolute Gasteiger partial charge is 0.472 e. The zero-order valence-electron chi connectivity index (χ0n) is 16.2. The Bertz CT molecular complexity index is 891. The molecule has 0 atom stereocenters. The summed E-state index contributed by atoms with van der Waals surface area (Å²) < 4.78 is 34.0. The maximum atomic E-state index is 13.3.